The summed E-state index contributed by atoms with van der Waals surface area (Å²) in [5.41, 5.74) is 0.0280. The van der Waals surface area contributed by atoms with Crippen molar-refractivity contribution in [1.29, 1.82) is 0 Å². The van der Waals surface area contributed by atoms with E-state index in [0.29, 0.717) is 17.4 Å². The zero-order valence-corrected chi connectivity index (χ0v) is 15.3. The molecule has 0 spiro atoms. The maximum Gasteiger partial charge on any atom is 0.127 e. The van der Waals surface area contributed by atoms with E-state index in [1.807, 2.05) is 43.3 Å². The third-order valence-corrected chi connectivity index (χ3v) is 4.12. The minimum Gasteiger partial charge on any atom is -0.457 e. The van der Waals surface area contributed by atoms with Gasteiger partial charge in [0.25, 0.3) is 0 Å². The van der Waals surface area contributed by atoms with Crippen LogP contribution in [0, 0.1) is 5.92 Å². The van der Waals surface area contributed by atoms with Crippen LogP contribution in [0.25, 0.3) is 0 Å². The average molecular weight is 348 g/mol. The molecule has 2 aromatic rings. The highest BCUT2D eigenvalue weighted by molar-refractivity contribution is 6.30. The Morgan fingerprint density at radius 3 is 2.12 bits per heavy atom. The number of nitrogens with one attached hydrogen (secondary N) is 1. The first kappa shape index (κ1) is 18.8. The van der Waals surface area contributed by atoms with Gasteiger partial charge in [-0.05, 0) is 74.3 Å². The van der Waals surface area contributed by atoms with Crippen molar-refractivity contribution in [2.75, 3.05) is 13.1 Å². The molecule has 0 radical (unpaired) electrons. The molecule has 0 aliphatic heterocycles. The second kappa shape index (κ2) is 8.52. The maximum atomic E-state index is 10.7. The number of aliphatic hydroxyl groups is 1. The number of hydrogen-bond donors (Lipinski definition) is 2. The number of ether oxygens (including phenoxy) is 1. The van der Waals surface area contributed by atoms with Crippen LogP contribution < -0.4 is 10.1 Å². The van der Waals surface area contributed by atoms with E-state index < -0.39 is 5.60 Å². The van der Waals surface area contributed by atoms with Gasteiger partial charge >= 0.3 is 0 Å². The first-order valence-corrected chi connectivity index (χ1v) is 8.72. The van der Waals surface area contributed by atoms with Gasteiger partial charge in [0, 0.05) is 5.02 Å². The van der Waals surface area contributed by atoms with Crippen LogP contribution >= 0.6 is 11.6 Å². The van der Waals surface area contributed by atoms with E-state index in [2.05, 4.69) is 19.2 Å². The van der Waals surface area contributed by atoms with Crippen LogP contribution in [0.15, 0.2) is 48.5 Å². The summed E-state index contributed by atoms with van der Waals surface area (Å²) >= 11 is 5.87. The molecule has 0 saturated heterocycles. The van der Waals surface area contributed by atoms with E-state index in [0.717, 1.165) is 30.2 Å². The predicted octanol–water partition coefficient (Wildman–Crippen LogP) is 4.98. The lowest BCUT2D eigenvalue weighted by Crippen LogP contribution is -2.29. The van der Waals surface area contributed by atoms with Gasteiger partial charge in [0.05, 0.1) is 5.60 Å². The second-order valence-electron chi connectivity index (χ2n) is 6.70. The quantitative estimate of drug-likeness (QED) is 0.662. The molecule has 3 nitrogen and oxygen atoms in total. The first-order valence-electron chi connectivity index (χ1n) is 8.34. The zero-order chi connectivity index (χ0) is 17.6. The summed E-state index contributed by atoms with van der Waals surface area (Å²) in [5, 5.41) is 14.7. The van der Waals surface area contributed by atoms with Crippen LogP contribution in [-0.2, 0) is 5.60 Å². The van der Waals surface area contributed by atoms with Gasteiger partial charge in [0.1, 0.15) is 11.5 Å². The lowest BCUT2D eigenvalue weighted by molar-refractivity contribution is 0.0478. The van der Waals surface area contributed by atoms with Gasteiger partial charge < -0.3 is 15.2 Å². The molecule has 130 valence electrons. The Balaban J connectivity index is 1.93. The first-order chi connectivity index (χ1) is 11.4. The van der Waals surface area contributed by atoms with Crippen molar-refractivity contribution < 1.29 is 9.84 Å². The zero-order valence-electron chi connectivity index (χ0n) is 14.6. The van der Waals surface area contributed by atoms with E-state index in [1.165, 1.54) is 0 Å². The monoisotopic (exact) mass is 347 g/mol. The fourth-order valence-electron chi connectivity index (χ4n) is 2.39. The van der Waals surface area contributed by atoms with Gasteiger partial charge in [-0.25, -0.2) is 0 Å². The predicted molar refractivity (Wildman–Crippen MR) is 99.9 cm³/mol. The van der Waals surface area contributed by atoms with Gasteiger partial charge in [-0.2, -0.15) is 0 Å². The molecular formula is C20H26ClNO2. The Bertz CT molecular complexity index is 621. The highest BCUT2D eigenvalue weighted by Gasteiger charge is 2.22. The van der Waals surface area contributed by atoms with Crippen LogP contribution in [-0.4, -0.2) is 18.2 Å². The summed E-state index contributed by atoms with van der Waals surface area (Å²) in [6, 6.07) is 14.8. The van der Waals surface area contributed by atoms with Crippen LogP contribution in [0.4, 0.5) is 0 Å². The van der Waals surface area contributed by atoms with E-state index in [1.54, 1.807) is 12.1 Å². The number of rotatable bonds is 8. The van der Waals surface area contributed by atoms with Crippen molar-refractivity contribution in [3.05, 3.63) is 59.1 Å². The van der Waals surface area contributed by atoms with Crippen molar-refractivity contribution in [2.45, 2.75) is 32.8 Å². The van der Waals surface area contributed by atoms with Crippen molar-refractivity contribution in [3.63, 3.8) is 0 Å². The van der Waals surface area contributed by atoms with Crippen LogP contribution in [0.1, 0.15) is 32.8 Å². The lowest BCUT2D eigenvalue weighted by Gasteiger charge is -2.24. The van der Waals surface area contributed by atoms with Crippen LogP contribution in [0.3, 0.4) is 0 Å². The molecule has 0 aliphatic rings. The molecule has 2 aromatic carbocycles. The summed E-state index contributed by atoms with van der Waals surface area (Å²) in [5.74, 6) is 2.07. The van der Waals surface area contributed by atoms with Crippen molar-refractivity contribution in [3.8, 4) is 11.5 Å². The lowest BCUT2D eigenvalue weighted by atomic mass is 9.92. The molecule has 0 amide bonds. The maximum absolute atomic E-state index is 10.7. The van der Waals surface area contributed by atoms with E-state index in [9.17, 15) is 5.11 Å². The Morgan fingerprint density at radius 1 is 1.04 bits per heavy atom. The molecular weight excluding hydrogens is 322 g/mol. The SMILES string of the molecule is CC(C)CNCCC(C)(O)c1ccc(Oc2ccc(Cl)cc2)cc1. The Labute approximate surface area is 149 Å². The summed E-state index contributed by atoms with van der Waals surface area (Å²) in [6.45, 7) is 7.94. The molecule has 1 unspecified atom stereocenters. The summed E-state index contributed by atoms with van der Waals surface area (Å²) < 4.78 is 5.77. The van der Waals surface area contributed by atoms with E-state index >= 15 is 0 Å². The molecule has 2 rings (SSSR count). The Morgan fingerprint density at radius 2 is 1.58 bits per heavy atom. The molecule has 4 heteroatoms. The fraction of sp³-hybridized carbons (Fsp3) is 0.400. The number of halogens is 1. The smallest absolute Gasteiger partial charge is 0.127 e. The van der Waals surface area contributed by atoms with E-state index in [-0.39, 0.29) is 0 Å². The molecule has 0 heterocycles. The molecule has 2 N–H and O–H groups in total. The average Bonchev–Trinajstić information content (AvgIpc) is 2.54. The standard InChI is InChI=1S/C20H26ClNO2/c1-15(2)14-22-13-12-20(3,23)16-4-8-18(9-5-16)24-19-10-6-17(21)7-11-19/h4-11,15,22-23H,12-14H2,1-3H3. The highest BCUT2D eigenvalue weighted by Crippen LogP contribution is 2.28. The molecule has 0 aromatic heterocycles. The molecule has 0 saturated carbocycles. The van der Waals surface area contributed by atoms with Crippen molar-refractivity contribution in [1.82, 2.24) is 5.32 Å². The minimum atomic E-state index is -0.858. The molecule has 0 bridgehead atoms. The third kappa shape index (κ3) is 5.82. The van der Waals surface area contributed by atoms with Gasteiger partial charge in [-0.3, -0.25) is 0 Å². The van der Waals surface area contributed by atoms with Crippen LogP contribution in [0.5, 0.6) is 11.5 Å². The van der Waals surface area contributed by atoms with Gasteiger partial charge in [-0.1, -0.05) is 37.6 Å². The Hall–Kier alpha value is -1.55. The fourth-order valence-corrected chi connectivity index (χ4v) is 2.51. The van der Waals surface area contributed by atoms with E-state index in [4.69, 9.17) is 16.3 Å². The highest BCUT2D eigenvalue weighted by atomic mass is 35.5. The summed E-state index contributed by atoms with van der Waals surface area (Å²) in [6.07, 6.45) is 0.664. The van der Waals surface area contributed by atoms with Crippen molar-refractivity contribution >= 4 is 11.6 Å². The molecule has 1 atom stereocenters. The number of benzene rings is 2. The molecule has 0 fully saturated rings. The Kier molecular flexibility index (Phi) is 6.67. The largest absolute Gasteiger partial charge is 0.457 e. The molecule has 24 heavy (non-hydrogen) atoms. The van der Waals surface area contributed by atoms with Gasteiger partial charge in [-0.15, -0.1) is 0 Å². The van der Waals surface area contributed by atoms with Crippen LogP contribution in [0.2, 0.25) is 5.02 Å². The summed E-state index contributed by atoms with van der Waals surface area (Å²) in [7, 11) is 0. The topological polar surface area (TPSA) is 41.5 Å². The molecule has 0 aliphatic carbocycles. The van der Waals surface area contributed by atoms with Gasteiger partial charge in [0.15, 0.2) is 0 Å². The minimum absolute atomic E-state index is 0.610. The van der Waals surface area contributed by atoms with Crippen molar-refractivity contribution in [2.24, 2.45) is 5.92 Å². The summed E-state index contributed by atoms with van der Waals surface area (Å²) in [4.78, 5) is 0. The number of hydrogen-bond acceptors (Lipinski definition) is 3. The second-order valence-corrected chi connectivity index (χ2v) is 7.14. The van der Waals surface area contributed by atoms with Gasteiger partial charge in [0.2, 0.25) is 0 Å². The third-order valence-electron chi connectivity index (χ3n) is 3.87. The normalized spacial score (nSPS) is 13.8.